The van der Waals surface area contributed by atoms with E-state index in [1.165, 1.54) is 35.6 Å². The number of sulfone groups is 1. The fourth-order valence-corrected chi connectivity index (χ4v) is 5.50. The number of alkyl halides is 3. The predicted octanol–water partition coefficient (Wildman–Crippen LogP) is 4.56. The number of aryl methyl sites for hydroxylation is 2. The summed E-state index contributed by atoms with van der Waals surface area (Å²) in [4.78, 5) is 24.8. The van der Waals surface area contributed by atoms with Gasteiger partial charge in [0.25, 0.3) is 0 Å². The Morgan fingerprint density at radius 1 is 0.841 bits per heavy atom. The molecule has 2 aromatic heterocycles. The predicted molar refractivity (Wildman–Crippen MR) is 156 cm³/mol. The van der Waals surface area contributed by atoms with E-state index in [0.717, 1.165) is 36.2 Å². The molecule has 0 aliphatic rings. The second kappa shape index (κ2) is 14.4. The summed E-state index contributed by atoms with van der Waals surface area (Å²) in [5.74, 6) is -0.989. The van der Waals surface area contributed by atoms with Gasteiger partial charge in [0.2, 0.25) is 16.9 Å². The zero-order chi connectivity index (χ0) is 31.7. The molecule has 0 fully saturated rings. The number of unbranched alkanes of at least 4 members (excludes halogenated alkanes) is 1. The SMILES string of the molecule is CS(=O)(=O)c1cccc(CC(=O)Nc2nnc(CCCCc3ccc(NC(=O)Cc4cccc(OC(F)(F)F)c4)nn3)s2)c1. The van der Waals surface area contributed by atoms with Crippen LogP contribution >= 0.6 is 11.3 Å². The molecule has 0 aliphatic heterocycles. The summed E-state index contributed by atoms with van der Waals surface area (Å²) in [6.07, 6.45) is -1.07. The Kier molecular flexibility index (Phi) is 10.6. The van der Waals surface area contributed by atoms with Crippen molar-refractivity contribution in [1.82, 2.24) is 20.4 Å². The summed E-state index contributed by atoms with van der Waals surface area (Å²) >= 11 is 1.26. The van der Waals surface area contributed by atoms with Gasteiger partial charge in [-0.1, -0.05) is 35.6 Å². The third kappa shape index (κ3) is 10.7. The van der Waals surface area contributed by atoms with Crippen molar-refractivity contribution in [3.05, 3.63) is 82.5 Å². The lowest BCUT2D eigenvalue weighted by Crippen LogP contribution is -2.18. The van der Waals surface area contributed by atoms with E-state index >= 15 is 0 Å². The Bertz CT molecular complexity index is 1710. The number of benzene rings is 2. The minimum atomic E-state index is -4.82. The number of hydrogen-bond donors (Lipinski definition) is 2. The first kappa shape index (κ1) is 32.5. The first-order chi connectivity index (χ1) is 20.8. The minimum Gasteiger partial charge on any atom is -0.406 e. The topological polar surface area (TPSA) is 153 Å². The zero-order valence-corrected chi connectivity index (χ0v) is 24.9. The molecule has 232 valence electrons. The lowest BCUT2D eigenvalue weighted by Gasteiger charge is -2.10. The first-order valence-electron chi connectivity index (χ1n) is 13.2. The number of anilines is 2. The van der Waals surface area contributed by atoms with Crippen LogP contribution in [0.25, 0.3) is 0 Å². The van der Waals surface area contributed by atoms with Gasteiger partial charge in [0, 0.05) is 12.7 Å². The molecule has 44 heavy (non-hydrogen) atoms. The Balaban J connectivity index is 1.17. The van der Waals surface area contributed by atoms with Gasteiger partial charge < -0.3 is 15.4 Å². The zero-order valence-electron chi connectivity index (χ0n) is 23.3. The molecule has 2 amide bonds. The summed E-state index contributed by atoms with van der Waals surface area (Å²) in [5.41, 5.74) is 1.62. The van der Waals surface area contributed by atoms with E-state index in [9.17, 15) is 31.2 Å². The molecule has 0 bridgehead atoms. The average Bonchev–Trinajstić information content (AvgIpc) is 3.37. The van der Waals surface area contributed by atoms with Gasteiger partial charge in [-0.25, -0.2) is 8.42 Å². The van der Waals surface area contributed by atoms with Gasteiger partial charge in [0.1, 0.15) is 10.8 Å². The smallest absolute Gasteiger partial charge is 0.406 e. The minimum absolute atomic E-state index is 0.00353. The summed E-state index contributed by atoms with van der Waals surface area (Å²) in [7, 11) is -3.37. The number of amides is 2. The summed E-state index contributed by atoms with van der Waals surface area (Å²) < 4.78 is 64.6. The van der Waals surface area contributed by atoms with Crippen molar-refractivity contribution in [2.45, 2.75) is 49.8 Å². The van der Waals surface area contributed by atoms with Gasteiger partial charge >= 0.3 is 6.36 Å². The highest BCUT2D eigenvalue weighted by Gasteiger charge is 2.31. The van der Waals surface area contributed by atoms with Crippen LogP contribution in [0.15, 0.2) is 65.6 Å². The van der Waals surface area contributed by atoms with E-state index in [0.29, 0.717) is 34.8 Å². The van der Waals surface area contributed by atoms with E-state index in [-0.39, 0.29) is 29.5 Å². The van der Waals surface area contributed by atoms with E-state index < -0.39 is 27.9 Å². The highest BCUT2D eigenvalue weighted by molar-refractivity contribution is 7.90. The maximum absolute atomic E-state index is 12.4. The van der Waals surface area contributed by atoms with Crippen molar-refractivity contribution >= 4 is 43.9 Å². The van der Waals surface area contributed by atoms with E-state index in [4.69, 9.17) is 0 Å². The molecular weight excluding hydrogens is 621 g/mol. The number of ether oxygens (including phenoxy) is 1. The number of halogens is 3. The van der Waals surface area contributed by atoms with Crippen LogP contribution in [0, 0.1) is 0 Å². The van der Waals surface area contributed by atoms with Crippen molar-refractivity contribution < 1.29 is 35.9 Å². The maximum Gasteiger partial charge on any atom is 0.573 e. The lowest BCUT2D eigenvalue weighted by atomic mass is 10.1. The second-order valence-corrected chi connectivity index (χ2v) is 12.8. The molecule has 11 nitrogen and oxygen atoms in total. The fourth-order valence-electron chi connectivity index (χ4n) is 4.01. The fraction of sp³-hybridized carbons (Fsp3) is 0.286. The number of aromatic nitrogens is 4. The summed E-state index contributed by atoms with van der Waals surface area (Å²) in [5, 5.41) is 22.6. The van der Waals surface area contributed by atoms with E-state index in [1.807, 2.05) is 0 Å². The third-order valence-corrected chi connectivity index (χ3v) is 7.97. The molecule has 2 aromatic carbocycles. The molecular formula is C28H27F3N6O5S2. The highest BCUT2D eigenvalue weighted by Crippen LogP contribution is 2.24. The number of carbonyl (C=O) groups excluding carboxylic acids is 2. The van der Waals surface area contributed by atoms with E-state index in [1.54, 1.807) is 24.3 Å². The third-order valence-electron chi connectivity index (χ3n) is 5.96. The molecule has 2 N–H and O–H groups in total. The van der Waals surface area contributed by atoms with Crippen molar-refractivity contribution in [3.63, 3.8) is 0 Å². The summed E-state index contributed by atoms with van der Waals surface area (Å²) in [6, 6.07) is 14.7. The number of nitrogens with zero attached hydrogens (tertiary/aromatic N) is 4. The standard InChI is InChI=1S/C28H27F3N6O5S2/c1-44(40,41)22-10-5-7-19(15-22)17-25(39)33-27-37-36-26(43-27)11-3-2-8-20-12-13-23(35-34-20)32-24(38)16-18-6-4-9-21(14-18)42-28(29,30)31/h4-7,9-10,12-15H,2-3,8,11,16-17H2,1H3,(H,32,35,38)(H,33,37,39). The van der Waals surface area contributed by atoms with Crippen LogP contribution in [-0.2, 0) is 45.1 Å². The molecule has 0 saturated heterocycles. The van der Waals surface area contributed by atoms with Crippen LogP contribution in [0.2, 0.25) is 0 Å². The van der Waals surface area contributed by atoms with Crippen molar-refractivity contribution in [3.8, 4) is 5.75 Å². The lowest BCUT2D eigenvalue weighted by molar-refractivity contribution is -0.274. The Hall–Kier alpha value is -4.44. The highest BCUT2D eigenvalue weighted by atomic mass is 32.2. The molecule has 0 spiro atoms. The van der Waals surface area contributed by atoms with Gasteiger partial charge in [0.15, 0.2) is 15.7 Å². The van der Waals surface area contributed by atoms with Crippen LogP contribution in [0.3, 0.4) is 0 Å². The van der Waals surface area contributed by atoms with Crippen molar-refractivity contribution in [2.24, 2.45) is 0 Å². The van der Waals surface area contributed by atoms with Gasteiger partial charge in [-0.15, -0.1) is 28.5 Å². The van der Waals surface area contributed by atoms with Crippen molar-refractivity contribution in [1.29, 1.82) is 0 Å². The molecule has 2 heterocycles. The Morgan fingerprint density at radius 2 is 1.52 bits per heavy atom. The molecule has 16 heteroatoms. The van der Waals surface area contributed by atoms with Crippen LogP contribution in [0.5, 0.6) is 5.75 Å². The average molecular weight is 649 g/mol. The molecule has 0 saturated carbocycles. The second-order valence-electron chi connectivity index (χ2n) is 9.68. The van der Waals surface area contributed by atoms with Gasteiger partial charge in [-0.2, -0.15) is 5.10 Å². The molecule has 4 rings (SSSR count). The van der Waals surface area contributed by atoms with Crippen LogP contribution in [0.1, 0.15) is 34.7 Å². The van der Waals surface area contributed by atoms with Crippen LogP contribution in [-0.4, -0.2) is 53.2 Å². The summed E-state index contributed by atoms with van der Waals surface area (Å²) in [6.45, 7) is 0. The first-order valence-corrected chi connectivity index (χ1v) is 15.9. The maximum atomic E-state index is 12.4. The molecule has 0 aliphatic carbocycles. The molecule has 0 atom stereocenters. The largest absolute Gasteiger partial charge is 0.573 e. The van der Waals surface area contributed by atoms with Crippen LogP contribution < -0.4 is 15.4 Å². The molecule has 4 aromatic rings. The molecule has 0 radical (unpaired) electrons. The van der Waals surface area contributed by atoms with E-state index in [2.05, 4.69) is 35.8 Å². The quantitative estimate of drug-likeness (QED) is 0.199. The van der Waals surface area contributed by atoms with Gasteiger partial charge in [-0.3, -0.25) is 9.59 Å². The number of hydrogen-bond acceptors (Lipinski definition) is 10. The normalized spacial score (nSPS) is 11.6. The number of carbonyl (C=O) groups is 2. The van der Waals surface area contributed by atoms with Gasteiger partial charge in [0.05, 0.1) is 23.4 Å². The number of nitrogens with one attached hydrogen (secondary N) is 2. The monoisotopic (exact) mass is 648 g/mol. The number of rotatable bonds is 13. The van der Waals surface area contributed by atoms with Crippen molar-refractivity contribution in [2.75, 3.05) is 16.9 Å². The Labute approximate surface area is 254 Å². The Morgan fingerprint density at radius 3 is 2.20 bits per heavy atom. The van der Waals surface area contributed by atoms with Gasteiger partial charge in [-0.05, 0) is 66.8 Å². The molecule has 0 unspecified atom stereocenters. The van der Waals surface area contributed by atoms with Crippen LogP contribution in [0.4, 0.5) is 24.1 Å².